The molecule has 166 valence electrons. The Morgan fingerprint density at radius 1 is 1.13 bits per heavy atom. The summed E-state index contributed by atoms with van der Waals surface area (Å²) in [6.45, 7) is 6.08. The Balaban J connectivity index is 1.63. The smallest absolute Gasteiger partial charge is 0.270 e. The maximum Gasteiger partial charge on any atom is 0.270 e. The molecule has 2 heterocycles. The Bertz CT molecular complexity index is 1220. The molecule has 1 N–H and O–H groups in total. The molecule has 0 aliphatic carbocycles. The van der Waals surface area contributed by atoms with Crippen LogP contribution in [0.4, 0.5) is 5.69 Å². The molecule has 0 spiro atoms. The van der Waals surface area contributed by atoms with Crippen molar-refractivity contribution >= 4 is 39.0 Å². The molecule has 1 aliphatic rings. The molecule has 0 saturated carbocycles. The molecule has 0 amide bonds. The molecule has 31 heavy (non-hydrogen) atoms. The first-order valence-corrected chi connectivity index (χ1v) is 11.8. The lowest BCUT2D eigenvalue weighted by Crippen LogP contribution is -2.45. The summed E-state index contributed by atoms with van der Waals surface area (Å²) < 4.78 is 46.9. The second-order valence-corrected chi connectivity index (χ2v) is 9.73. The number of hydrogen-bond donors (Lipinski definition) is 1. The zero-order chi connectivity index (χ0) is 22.2. The van der Waals surface area contributed by atoms with Gasteiger partial charge in [0.15, 0.2) is 5.58 Å². The van der Waals surface area contributed by atoms with E-state index in [1.54, 1.807) is 43.5 Å². The van der Waals surface area contributed by atoms with E-state index in [0.717, 1.165) is 13.1 Å². The number of methoxy groups -OCH3 is 1. The molecule has 2 atom stereocenters. The van der Waals surface area contributed by atoms with Crippen LogP contribution in [-0.2, 0) is 21.4 Å². The highest BCUT2D eigenvalue weighted by Gasteiger charge is 2.24. The first-order chi connectivity index (χ1) is 14.7. The molecule has 1 aliphatic heterocycles. The van der Waals surface area contributed by atoms with Crippen molar-refractivity contribution in [3.8, 4) is 5.75 Å². The maximum absolute atomic E-state index is 13.0. The van der Waals surface area contributed by atoms with E-state index in [-0.39, 0.29) is 17.1 Å². The lowest BCUT2D eigenvalue weighted by Gasteiger charge is -2.35. The average Bonchev–Trinajstić information content (AvgIpc) is 3.02. The van der Waals surface area contributed by atoms with Crippen LogP contribution in [0.15, 0.2) is 51.8 Å². The Hall–Kier alpha value is -2.40. The van der Waals surface area contributed by atoms with E-state index in [9.17, 15) is 8.42 Å². The largest absolute Gasteiger partial charge is 0.497 e. The second kappa shape index (κ2) is 8.62. The van der Waals surface area contributed by atoms with Gasteiger partial charge in [-0.05, 0) is 68.5 Å². The third-order valence-electron chi connectivity index (χ3n) is 5.13. The fourth-order valence-electron chi connectivity index (χ4n) is 3.82. The van der Waals surface area contributed by atoms with Gasteiger partial charge in [-0.2, -0.15) is 0 Å². The summed E-state index contributed by atoms with van der Waals surface area (Å²) in [5.41, 5.74) is 1.62. The summed E-state index contributed by atoms with van der Waals surface area (Å²) in [5, 5.41) is 0. The number of sulfonamides is 1. The number of ether oxygens (including phenoxy) is 2. The Morgan fingerprint density at radius 2 is 1.81 bits per heavy atom. The van der Waals surface area contributed by atoms with Gasteiger partial charge in [0.25, 0.3) is 14.9 Å². The van der Waals surface area contributed by atoms with Gasteiger partial charge in [-0.15, -0.1) is 0 Å². The van der Waals surface area contributed by atoms with Gasteiger partial charge < -0.3 is 13.9 Å². The number of aromatic nitrogens is 1. The molecule has 2 aromatic carbocycles. The molecular weight excluding hydrogens is 438 g/mol. The zero-order valence-electron chi connectivity index (χ0n) is 17.6. The fourth-order valence-corrected chi connectivity index (χ4v) is 5.14. The second-order valence-electron chi connectivity index (χ2n) is 7.69. The number of nitrogens with zero attached hydrogens (tertiary/aromatic N) is 2. The lowest BCUT2D eigenvalue weighted by molar-refractivity contribution is -0.0764. The number of benzene rings is 2. The lowest BCUT2D eigenvalue weighted by atomic mass is 10.2. The normalized spacial score (nSPS) is 20.1. The maximum atomic E-state index is 13.0. The number of nitrogens with one attached hydrogen (secondary N) is 1. The van der Waals surface area contributed by atoms with Crippen molar-refractivity contribution in [2.75, 3.05) is 24.9 Å². The van der Waals surface area contributed by atoms with Crippen molar-refractivity contribution in [1.29, 1.82) is 0 Å². The molecule has 1 saturated heterocycles. The van der Waals surface area contributed by atoms with Gasteiger partial charge >= 0.3 is 0 Å². The number of hydrogen-bond acceptors (Lipinski definition) is 7. The van der Waals surface area contributed by atoms with Gasteiger partial charge in [0, 0.05) is 18.8 Å². The van der Waals surface area contributed by atoms with Crippen molar-refractivity contribution in [3.05, 3.63) is 47.3 Å². The predicted octanol–water partition coefficient (Wildman–Crippen LogP) is 3.84. The minimum absolute atomic E-state index is 0.112. The van der Waals surface area contributed by atoms with Crippen LogP contribution in [0.1, 0.15) is 13.8 Å². The summed E-state index contributed by atoms with van der Waals surface area (Å²) in [6.07, 6.45) is 0.224. The molecule has 8 nitrogen and oxygen atoms in total. The quantitative estimate of drug-likeness (QED) is 0.556. The zero-order valence-corrected chi connectivity index (χ0v) is 19.2. The van der Waals surface area contributed by atoms with Crippen LogP contribution in [-0.4, -0.2) is 50.3 Å². The van der Waals surface area contributed by atoms with Gasteiger partial charge in [-0.3, -0.25) is 14.2 Å². The minimum atomic E-state index is -3.80. The molecule has 0 bridgehead atoms. The van der Waals surface area contributed by atoms with Crippen molar-refractivity contribution in [2.24, 2.45) is 0 Å². The van der Waals surface area contributed by atoms with E-state index in [1.165, 1.54) is 6.07 Å². The SMILES string of the molecule is COc1ccc(NS(=O)(=O)c2ccc3oc(=S)n(CN4C[C@@H](C)O[C@@H](C)C4)c3c2)cc1. The molecule has 4 rings (SSSR count). The van der Waals surface area contributed by atoms with E-state index >= 15 is 0 Å². The van der Waals surface area contributed by atoms with Crippen molar-refractivity contribution < 1.29 is 22.3 Å². The number of rotatable bonds is 6. The first kappa shape index (κ1) is 21.8. The van der Waals surface area contributed by atoms with Crippen molar-refractivity contribution in [1.82, 2.24) is 9.47 Å². The Kier molecular flexibility index (Phi) is 6.07. The fraction of sp³-hybridized carbons (Fsp3) is 0.381. The number of morpholine rings is 1. The van der Waals surface area contributed by atoms with Crippen LogP contribution in [0.25, 0.3) is 11.1 Å². The van der Waals surface area contributed by atoms with Gasteiger partial charge in [0.05, 0.1) is 36.4 Å². The van der Waals surface area contributed by atoms with E-state index in [2.05, 4.69) is 9.62 Å². The van der Waals surface area contributed by atoms with Gasteiger partial charge in [0.2, 0.25) is 0 Å². The van der Waals surface area contributed by atoms with E-state index in [4.69, 9.17) is 26.1 Å². The molecule has 1 aromatic heterocycles. The van der Waals surface area contributed by atoms with Crippen molar-refractivity contribution in [2.45, 2.75) is 37.6 Å². The van der Waals surface area contributed by atoms with Crippen LogP contribution in [0.3, 0.4) is 0 Å². The van der Waals surface area contributed by atoms with Crippen LogP contribution in [0.2, 0.25) is 0 Å². The van der Waals surface area contributed by atoms with E-state index in [1.807, 2.05) is 18.4 Å². The Labute approximate surface area is 186 Å². The number of fused-ring (bicyclic) bond motifs is 1. The van der Waals surface area contributed by atoms with Crippen molar-refractivity contribution in [3.63, 3.8) is 0 Å². The van der Waals surface area contributed by atoms with Gasteiger partial charge in [0.1, 0.15) is 5.75 Å². The summed E-state index contributed by atoms with van der Waals surface area (Å²) in [4.78, 5) is 2.66. The summed E-state index contributed by atoms with van der Waals surface area (Å²) in [7, 11) is -2.24. The summed E-state index contributed by atoms with van der Waals surface area (Å²) >= 11 is 5.41. The number of anilines is 1. The third kappa shape index (κ3) is 4.77. The van der Waals surface area contributed by atoms with Gasteiger partial charge in [-0.1, -0.05) is 0 Å². The van der Waals surface area contributed by atoms with E-state index in [0.29, 0.717) is 34.0 Å². The monoisotopic (exact) mass is 463 g/mol. The predicted molar refractivity (Wildman–Crippen MR) is 120 cm³/mol. The number of oxazole rings is 1. The third-order valence-corrected chi connectivity index (χ3v) is 6.81. The highest BCUT2D eigenvalue weighted by atomic mass is 32.2. The van der Waals surface area contributed by atoms with Crippen LogP contribution in [0.5, 0.6) is 5.75 Å². The highest BCUT2D eigenvalue weighted by Crippen LogP contribution is 2.25. The standard InChI is InChI=1S/C21H25N3O5S2/c1-14-11-23(12-15(2)28-14)13-24-19-10-18(8-9-20(19)29-21(24)30)31(25,26)22-16-4-6-17(27-3)7-5-16/h4-10,14-15,22H,11-13H2,1-3H3/t14-,15+. The minimum Gasteiger partial charge on any atom is -0.497 e. The molecule has 0 radical (unpaired) electrons. The van der Waals surface area contributed by atoms with Gasteiger partial charge in [-0.25, -0.2) is 8.42 Å². The molecule has 3 aromatic rings. The summed E-state index contributed by atoms with van der Waals surface area (Å²) in [5.74, 6) is 0.647. The Morgan fingerprint density at radius 3 is 2.45 bits per heavy atom. The van der Waals surface area contributed by atoms with Crippen LogP contribution >= 0.6 is 12.2 Å². The average molecular weight is 464 g/mol. The summed E-state index contributed by atoms with van der Waals surface area (Å²) in [6, 6.07) is 11.4. The molecule has 10 heteroatoms. The van der Waals surface area contributed by atoms with Crippen LogP contribution in [0, 0.1) is 4.84 Å². The van der Waals surface area contributed by atoms with E-state index < -0.39 is 10.0 Å². The topological polar surface area (TPSA) is 85.9 Å². The molecule has 1 fully saturated rings. The first-order valence-electron chi connectivity index (χ1n) is 9.93. The molecular formula is C21H25N3O5S2. The highest BCUT2D eigenvalue weighted by molar-refractivity contribution is 7.92. The van der Waals surface area contributed by atoms with Crippen LogP contribution < -0.4 is 9.46 Å². The molecule has 0 unspecified atom stereocenters.